The normalized spacial score (nSPS) is 10.0. The van der Waals surface area contributed by atoms with Gasteiger partial charge in [0.15, 0.2) is 5.78 Å². The monoisotopic (exact) mass is 249 g/mol. The number of ether oxygens (including phenoxy) is 1. The van der Waals surface area contributed by atoms with E-state index in [1.807, 2.05) is 26.0 Å². The zero-order valence-corrected chi connectivity index (χ0v) is 11.3. The average Bonchev–Trinajstić information content (AvgIpc) is 2.37. The minimum absolute atomic E-state index is 0.0122. The molecule has 0 heterocycles. The second kappa shape index (κ2) is 6.19. The van der Waals surface area contributed by atoms with Crippen LogP contribution in [-0.2, 0) is 4.79 Å². The van der Waals surface area contributed by atoms with Crippen LogP contribution in [0.15, 0.2) is 12.1 Å². The Bertz CT molecular complexity index is 466. The summed E-state index contributed by atoms with van der Waals surface area (Å²) in [5.41, 5.74) is 2.46. The quantitative estimate of drug-likeness (QED) is 0.812. The van der Waals surface area contributed by atoms with Crippen LogP contribution in [-0.4, -0.2) is 25.8 Å². The number of Topliss-reactive ketones (excluding diaryl/α,β-unsaturated/α-hetero) is 1. The van der Waals surface area contributed by atoms with Crippen LogP contribution in [0.4, 0.5) is 0 Å². The highest BCUT2D eigenvalue weighted by Gasteiger charge is 2.13. The lowest BCUT2D eigenvalue weighted by Crippen LogP contribution is -2.18. The molecule has 0 spiro atoms. The smallest absolute Gasteiger partial charge is 0.220 e. The lowest BCUT2D eigenvalue weighted by atomic mass is 9.98. The summed E-state index contributed by atoms with van der Waals surface area (Å²) in [5, 5.41) is 2.50. The number of ketones is 1. The summed E-state index contributed by atoms with van der Waals surface area (Å²) in [4.78, 5) is 23.1. The average molecular weight is 249 g/mol. The number of methoxy groups -OCH3 is 1. The summed E-state index contributed by atoms with van der Waals surface area (Å²) < 4.78 is 5.20. The largest absolute Gasteiger partial charge is 0.496 e. The summed E-state index contributed by atoms with van der Waals surface area (Å²) >= 11 is 0. The number of aryl methyl sites for hydroxylation is 2. The summed E-state index contributed by atoms with van der Waals surface area (Å²) in [7, 11) is 3.17. The molecule has 1 rings (SSSR count). The maximum Gasteiger partial charge on any atom is 0.220 e. The fourth-order valence-corrected chi connectivity index (χ4v) is 1.80. The number of carbonyl (C=O) groups excluding carboxylic acids is 2. The Balaban J connectivity index is 2.86. The Morgan fingerprint density at radius 1 is 1.17 bits per heavy atom. The van der Waals surface area contributed by atoms with Gasteiger partial charge in [-0.2, -0.15) is 0 Å². The van der Waals surface area contributed by atoms with Gasteiger partial charge in [0, 0.05) is 25.5 Å². The van der Waals surface area contributed by atoms with Crippen LogP contribution in [0.25, 0.3) is 0 Å². The van der Waals surface area contributed by atoms with Crippen molar-refractivity contribution >= 4 is 11.7 Å². The second-order valence-electron chi connectivity index (χ2n) is 4.23. The first-order valence-electron chi connectivity index (χ1n) is 5.88. The maximum atomic E-state index is 12.0. The van der Waals surface area contributed by atoms with Gasteiger partial charge in [0.1, 0.15) is 5.75 Å². The molecule has 0 bridgehead atoms. The van der Waals surface area contributed by atoms with Crippen molar-refractivity contribution in [1.29, 1.82) is 0 Å². The van der Waals surface area contributed by atoms with E-state index in [4.69, 9.17) is 4.74 Å². The lowest BCUT2D eigenvalue weighted by Gasteiger charge is -2.10. The molecule has 18 heavy (non-hydrogen) atoms. The number of hydrogen-bond donors (Lipinski definition) is 1. The number of rotatable bonds is 5. The van der Waals surface area contributed by atoms with Crippen molar-refractivity contribution in [3.8, 4) is 5.75 Å². The van der Waals surface area contributed by atoms with Gasteiger partial charge in [0.2, 0.25) is 5.91 Å². The Kier molecular flexibility index (Phi) is 4.89. The first-order valence-corrected chi connectivity index (χ1v) is 5.88. The van der Waals surface area contributed by atoms with Crippen LogP contribution in [0.2, 0.25) is 0 Å². The molecule has 1 N–H and O–H groups in total. The standard InChI is InChI=1S/C14H19NO3/c1-9-8-13(18-4)10(2)7-11(9)12(16)5-6-14(17)15-3/h7-8H,5-6H2,1-4H3,(H,15,17). The molecule has 0 aliphatic rings. The van der Waals surface area contributed by atoms with Gasteiger partial charge in [-0.15, -0.1) is 0 Å². The van der Waals surface area contributed by atoms with Crippen LogP contribution in [0.5, 0.6) is 5.75 Å². The Morgan fingerprint density at radius 2 is 1.83 bits per heavy atom. The summed E-state index contributed by atoms with van der Waals surface area (Å²) in [6.45, 7) is 3.77. The van der Waals surface area contributed by atoms with E-state index in [9.17, 15) is 9.59 Å². The van der Waals surface area contributed by atoms with Crippen LogP contribution in [0.3, 0.4) is 0 Å². The van der Waals surface area contributed by atoms with Gasteiger partial charge >= 0.3 is 0 Å². The number of benzene rings is 1. The van der Waals surface area contributed by atoms with Gasteiger partial charge in [-0.1, -0.05) is 0 Å². The van der Waals surface area contributed by atoms with Gasteiger partial charge in [0.05, 0.1) is 7.11 Å². The molecular weight excluding hydrogens is 230 g/mol. The molecule has 0 aliphatic heterocycles. The number of nitrogens with one attached hydrogen (secondary N) is 1. The van der Waals surface area contributed by atoms with Crippen molar-refractivity contribution < 1.29 is 14.3 Å². The molecule has 4 heteroatoms. The van der Waals surface area contributed by atoms with Crippen LogP contribution >= 0.6 is 0 Å². The predicted molar refractivity (Wildman–Crippen MR) is 70.1 cm³/mol. The molecule has 0 atom stereocenters. The molecule has 0 radical (unpaired) electrons. The lowest BCUT2D eigenvalue weighted by molar-refractivity contribution is -0.120. The predicted octanol–water partition coefficient (Wildman–Crippen LogP) is 2.02. The van der Waals surface area contributed by atoms with E-state index >= 15 is 0 Å². The van der Waals surface area contributed by atoms with Crippen molar-refractivity contribution in [2.75, 3.05) is 14.2 Å². The fourth-order valence-electron chi connectivity index (χ4n) is 1.80. The topological polar surface area (TPSA) is 55.4 Å². The minimum atomic E-state index is -0.119. The SMILES string of the molecule is CNC(=O)CCC(=O)c1cc(C)c(OC)cc1C. The molecule has 0 saturated carbocycles. The highest BCUT2D eigenvalue weighted by molar-refractivity contribution is 5.99. The third-order valence-corrected chi connectivity index (χ3v) is 2.90. The third-order valence-electron chi connectivity index (χ3n) is 2.90. The molecule has 0 saturated heterocycles. The summed E-state index contributed by atoms with van der Waals surface area (Å²) in [6.07, 6.45) is 0.451. The fraction of sp³-hybridized carbons (Fsp3) is 0.429. The maximum absolute atomic E-state index is 12.0. The molecule has 1 aromatic rings. The van der Waals surface area contributed by atoms with Gasteiger partial charge in [-0.25, -0.2) is 0 Å². The summed E-state index contributed by atoms with van der Waals surface area (Å²) in [6, 6.07) is 3.67. The zero-order valence-electron chi connectivity index (χ0n) is 11.3. The molecule has 1 aromatic carbocycles. The summed E-state index contributed by atoms with van der Waals surface area (Å²) in [5.74, 6) is 0.642. The van der Waals surface area contributed by atoms with E-state index in [2.05, 4.69) is 5.32 Å². The molecular formula is C14H19NO3. The molecule has 0 aromatic heterocycles. The van der Waals surface area contributed by atoms with Crippen LogP contribution in [0.1, 0.15) is 34.3 Å². The van der Waals surface area contributed by atoms with E-state index in [1.54, 1.807) is 14.2 Å². The van der Waals surface area contributed by atoms with Crippen molar-refractivity contribution in [3.05, 3.63) is 28.8 Å². The first-order chi connectivity index (χ1) is 8.49. The van der Waals surface area contributed by atoms with Gasteiger partial charge < -0.3 is 10.1 Å². The van der Waals surface area contributed by atoms with E-state index in [0.717, 1.165) is 16.9 Å². The van der Waals surface area contributed by atoms with E-state index in [1.165, 1.54) is 0 Å². The minimum Gasteiger partial charge on any atom is -0.496 e. The van der Waals surface area contributed by atoms with E-state index in [0.29, 0.717) is 5.56 Å². The molecule has 1 amide bonds. The van der Waals surface area contributed by atoms with E-state index in [-0.39, 0.29) is 24.5 Å². The number of amides is 1. The van der Waals surface area contributed by atoms with Crippen molar-refractivity contribution in [2.24, 2.45) is 0 Å². The van der Waals surface area contributed by atoms with Crippen LogP contribution < -0.4 is 10.1 Å². The van der Waals surface area contributed by atoms with Gasteiger partial charge in [-0.3, -0.25) is 9.59 Å². The number of hydrogen-bond acceptors (Lipinski definition) is 3. The van der Waals surface area contributed by atoms with Crippen molar-refractivity contribution in [2.45, 2.75) is 26.7 Å². The van der Waals surface area contributed by atoms with Crippen LogP contribution in [0, 0.1) is 13.8 Å². The first kappa shape index (κ1) is 14.2. The van der Waals surface area contributed by atoms with E-state index < -0.39 is 0 Å². The molecule has 4 nitrogen and oxygen atoms in total. The number of carbonyl (C=O) groups is 2. The Hall–Kier alpha value is -1.84. The van der Waals surface area contributed by atoms with Gasteiger partial charge in [-0.05, 0) is 37.1 Å². The third kappa shape index (κ3) is 3.32. The zero-order chi connectivity index (χ0) is 13.7. The molecule has 0 unspecified atom stereocenters. The molecule has 0 aliphatic carbocycles. The molecule has 98 valence electrons. The van der Waals surface area contributed by atoms with Gasteiger partial charge in [0.25, 0.3) is 0 Å². The highest BCUT2D eigenvalue weighted by atomic mass is 16.5. The Labute approximate surface area is 107 Å². The highest BCUT2D eigenvalue weighted by Crippen LogP contribution is 2.23. The second-order valence-corrected chi connectivity index (χ2v) is 4.23. The molecule has 0 fully saturated rings. The van der Waals surface area contributed by atoms with Crippen molar-refractivity contribution in [1.82, 2.24) is 5.32 Å². The Morgan fingerprint density at radius 3 is 2.39 bits per heavy atom. The van der Waals surface area contributed by atoms with Crippen molar-refractivity contribution in [3.63, 3.8) is 0 Å².